The molecule has 6 heteroatoms. The van der Waals surface area contributed by atoms with Gasteiger partial charge in [-0.25, -0.2) is 0 Å². The molecule has 0 aromatic heterocycles. The maximum Gasteiger partial charge on any atom is 0.245 e. The minimum absolute atomic E-state index is 0.0129. The van der Waals surface area contributed by atoms with Gasteiger partial charge in [-0.2, -0.15) is 0 Å². The summed E-state index contributed by atoms with van der Waals surface area (Å²) in [5.41, 5.74) is 0.943. The lowest BCUT2D eigenvalue weighted by Crippen LogP contribution is -2.53. The lowest BCUT2D eigenvalue weighted by Gasteiger charge is -2.38. The van der Waals surface area contributed by atoms with Crippen molar-refractivity contribution in [1.82, 2.24) is 15.1 Å². The predicted octanol–water partition coefficient (Wildman–Crippen LogP) is 2.62. The number of carbonyl (C=O) groups is 3. The molecule has 0 saturated carbocycles. The Bertz CT molecular complexity index is 726. The first-order valence-corrected chi connectivity index (χ1v) is 11.3. The van der Waals surface area contributed by atoms with Crippen molar-refractivity contribution in [2.45, 2.75) is 58.4 Å². The smallest absolute Gasteiger partial charge is 0.245 e. The van der Waals surface area contributed by atoms with E-state index in [-0.39, 0.29) is 30.1 Å². The van der Waals surface area contributed by atoms with Crippen LogP contribution < -0.4 is 5.32 Å². The molecule has 0 aliphatic carbocycles. The van der Waals surface area contributed by atoms with E-state index in [1.165, 1.54) is 0 Å². The van der Waals surface area contributed by atoms with Gasteiger partial charge in [0.15, 0.2) is 0 Å². The molecule has 30 heavy (non-hydrogen) atoms. The van der Waals surface area contributed by atoms with Crippen molar-refractivity contribution in [3.8, 4) is 0 Å². The summed E-state index contributed by atoms with van der Waals surface area (Å²) in [5.74, 6) is 0.661. The second-order valence-electron chi connectivity index (χ2n) is 9.02. The van der Waals surface area contributed by atoms with Crippen molar-refractivity contribution < 1.29 is 14.4 Å². The third-order valence-electron chi connectivity index (χ3n) is 6.28. The highest BCUT2D eigenvalue weighted by Gasteiger charge is 2.32. The molecule has 0 radical (unpaired) electrons. The molecule has 6 nitrogen and oxygen atoms in total. The van der Waals surface area contributed by atoms with Crippen LogP contribution in [0.25, 0.3) is 0 Å². The molecule has 1 N–H and O–H groups in total. The van der Waals surface area contributed by atoms with Gasteiger partial charge in [0, 0.05) is 32.6 Å². The van der Waals surface area contributed by atoms with Crippen LogP contribution in [-0.4, -0.2) is 59.7 Å². The topological polar surface area (TPSA) is 69.7 Å². The number of hydrogen-bond acceptors (Lipinski definition) is 3. The summed E-state index contributed by atoms with van der Waals surface area (Å²) in [4.78, 5) is 41.6. The van der Waals surface area contributed by atoms with Crippen LogP contribution in [0.5, 0.6) is 0 Å². The lowest BCUT2D eigenvalue weighted by atomic mass is 9.93. The predicted molar refractivity (Wildman–Crippen MR) is 117 cm³/mol. The zero-order valence-corrected chi connectivity index (χ0v) is 18.3. The average Bonchev–Trinajstić information content (AvgIpc) is 2.74. The Kier molecular flexibility index (Phi) is 7.88. The molecule has 1 unspecified atom stereocenters. The molecule has 0 spiro atoms. The van der Waals surface area contributed by atoms with Crippen LogP contribution in [0.1, 0.15) is 51.5 Å². The molecule has 1 aromatic carbocycles. The van der Waals surface area contributed by atoms with Crippen LogP contribution >= 0.6 is 0 Å². The number of nitrogens with zero attached hydrogens (tertiary/aromatic N) is 2. The number of carbonyl (C=O) groups excluding carboxylic acids is 3. The summed E-state index contributed by atoms with van der Waals surface area (Å²) in [6.45, 7) is 7.04. The molecule has 0 bridgehead atoms. The third-order valence-corrected chi connectivity index (χ3v) is 6.28. The summed E-state index contributed by atoms with van der Waals surface area (Å²) >= 11 is 0. The van der Waals surface area contributed by atoms with Gasteiger partial charge in [-0.3, -0.25) is 14.4 Å². The van der Waals surface area contributed by atoms with Gasteiger partial charge in [0.25, 0.3) is 0 Å². The summed E-state index contributed by atoms with van der Waals surface area (Å²) < 4.78 is 0. The van der Waals surface area contributed by atoms with E-state index in [1.54, 1.807) is 0 Å². The van der Waals surface area contributed by atoms with E-state index in [4.69, 9.17) is 0 Å². The standard InChI is InChI=1S/C24H35N3O3/c1-18(2)23(25-21(28)16-19-8-4-3-5-9-19)24(30)26-14-11-20(12-15-26)17-27-13-7-6-10-22(27)29/h3-5,8-9,18,20,23H,6-7,10-17H2,1-2H3,(H,25,28). The van der Waals surface area contributed by atoms with Crippen LogP contribution in [0.2, 0.25) is 0 Å². The summed E-state index contributed by atoms with van der Waals surface area (Å²) in [5, 5.41) is 2.96. The Balaban J connectivity index is 1.49. The number of likely N-dealkylation sites (tertiary alicyclic amines) is 2. The van der Waals surface area contributed by atoms with Crippen molar-refractivity contribution in [3.63, 3.8) is 0 Å². The minimum Gasteiger partial charge on any atom is -0.344 e. The van der Waals surface area contributed by atoms with Crippen molar-refractivity contribution in [1.29, 1.82) is 0 Å². The molecule has 1 atom stereocenters. The molecule has 2 aliphatic rings. The monoisotopic (exact) mass is 413 g/mol. The Morgan fingerprint density at radius 1 is 1.07 bits per heavy atom. The van der Waals surface area contributed by atoms with Crippen LogP contribution in [0.3, 0.4) is 0 Å². The van der Waals surface area contributed by atoms with Gasteiger partial charge >= 0.3 is 0 Å². The van der Waals surface area contributed by atoms with E-state index < -0.39 is 6.04 Å². The van der Waals surface area contributed by atoms with Crippen molar-refractivity contribution in [3.05, 3.63) is 35.9 Å². The van der Waals surface area contributed by atoms with E-state index in [2.05, 4.69) is 5.32 Å². The van der Waals surface area contributed by atoms with E-state index in [0.717, 1.165) is 44.3 Å². The zero-order chi connectivity index (χ0) is 21.5. The maximum atomic E-state index is 13.1. The Labute approximate surface area is 180 Å². The average molecular weight is 414 g/mol. The lowest BCUT2D eigenvalue weighted by molar-refractivity contribution is -0.139. The van der Waals surface area contributed by atoms with E-state index in [0.29, 0.717) is 25.4 Å². The van der Waals surface area contributed by atoms with Gasteiger partial charge < -0.3 is 15.1 Å². The largest absolute Gasteiger partial charge is 0.344 e. The highest BCUT2D eigenvalue weighted by atomic mass is 16.2. The van der Waals surface area contributed by atoms with Crippen molar-refractivity contribution in [2.24, 2.45) is 11.8 Å². The fourth-order valence-electron chi connectivity index (χ4n) is 4.42. The SMILES string of the molecule is CC(C)C(NC(=O)Cc1ccccc1)C(=O)N1CCC(CN2CCCCC2=O)CC1. The molecule has 1 aromatic rings. The number of piperidine rings is 2. The summed E-state index contributed by atoms with van der Waals surface area (Å²) in [6.07, 6.45) is 4.90. The summed E-state index contributed by atoms with van der Waals surface area (Å²) in [7, 11) is 0. The van der Waals surface area contributed by atoms with Crippen molar-refractivity contribution in [2.75, 3.05) is 26.2 Å². The molecule has 2 aliphatic heterocycles. The highest BCUT2D eigenvalue weighted by molar-refractivity contribution is 5.88. The van der Waals surface area contributed by atoms with E-state index >= 15 is 0 Å². The van der Waals surface area contributed by atoms with Crippen LogP contribution in [0.15, 0.2) is 30.3 Å². The number of rotatable bonds is 7. The van der Waals surface area contributed by atoms with Crippen LogP contribution in [0, 0.1) is 11.8 Å². The first-order chi connectivity index (χ1) is 14.4. The van der Waals surface area contributed by atoms with E-state index in [9.17, 15) is 14.4 Å². The molecule has 2 fully saturated rings. The first-order valence-electron chi connectivity index (χ1n) is 11.3. The Hall–Kier alpha value is -2.37. The van der Waals surface area contributed by atoms with Crippen molar-refractivity contribution >= 4 is 17.7 Å². The molecule has 2 heterocycles. The number of amides is 3. The van der Waals surface area contributed by atoms with Gasteiger partial charge in [0.05, 0.1) is 6.42 Å². The first kappa shape index (κ1) is 22.3. The van der Waals surface area contributed by atoms with Gasteiger partial charge in [0.1, 0.15) is 6.04 Å². The molecular formula is C24H35N3O3. The minimum atomic E-state index is -0.499. The molecule has 164 valence electrons. The van der Waals surface area contributed by atoms with Gasteiger partial charge in [-0.05, 0) is 43.1 Å². The molecule has 3 amide bonds. The van der Waals surface area contributed by atoms with Gasteiger partial charge in [-0.15, -0.1) is 0 Å². The second-order valence-corrected chi connectivity index (χ2v) is 9.02. The Morgan fingerprint density at radius 3 is 2.40 bits per heavy atom. The van der Waals surface area contributed by atoms with Crippen LogP contribution in [0.4, 0.5) is 0 Å². The highest BCUT2D eigenvalue weighted by Crippen LogP contribution is 2.22. The normalized spacial score (nSPS) is 19.1. The summed E-state index contributed by atoms with van der Waals surface area (Å²) in [6, 6.07) is 9.09. The number of hydrogen-bond donors (Lipinski definition) is 1. The number of nitrogens with one attached hydrogen (secondary N) is 1. The number of benzene rings is 1. The fourth-order valence-corrected chi connectivity index (χ4v) is 4.42. The molecule has 3 rings (SSSR count). The molecular weight excluding hydrogens is 378 g/mol. The Morgan fingerprint density at radius 2 is 1.77 bits per heavy atom. The molecule has 2 saturated heterocycles. The zero-order valence-electron chi connectivity index (χ0n) is 18.3. The third kappa shape index (κ3) is 6.07. The van der Waals surface area contributed by atoms with Crippen LogP contribution in [-0.2, 0) is 20.8 Å². The van der Waals surface area contributed by atoms with Gasteiger partial charge in [0.2, 0.25) is 17.7 Å². The van der Waals surface area contributed by atoms with E-state index in [1.807, 2.05) is 54.0 Å². The van der Waals surface area contributed by atoms with Gasteiger partial charge in [-0.1, -0.05) is 44.2 Å². The second kappa shape index (κ2) is 10.6. The maximum absolute atomic E-state index is 13.1. The fraction of sp³-hybridized carbons (Fsp3) is 0.625. The quantitative estimate of drug-likeness (QED) is 0.747.